The molecule has 1 saturated carbocycles. The molecule has 2 rings (SSSR count). The van der Waals surface area contributed by atoms with E-state index in [0.29, 0.717) is 28.3 Å². The Morgan fingerprint density at radius 1 is 1.33 bits per heavy atom. The van der Waals surface area contributed by atoms with Crippen molar-refractivity contribution in [2.75, 3.05) is 20.5 Å². The average Bonchev–Trinajstić information content (AvgIpc) is 3.19. The van der Waals surface area contributed by atoms with Gasteiger partial charge in [-0.3, -0.25) is 0 Å². The van der Waals surface area contributed by atoms with Gasteiger partial charge in [-0.2, -0.15) is 0 Å². The van der Waals surface area contributed by atoms with Crippen molar-refractivity contribution in [2.45, 2.75) is 18.7 Å². The molecule has 1 aromatic carbocycles. The molecule has 5 heteroatoms. The van der Waals surface area contributed by atoms with E-state index in [1.165, 1.54) is 12.8 Å². The smallest absolute Gasteiger partial charge is 0.189 e. The monoisotopic (exact) mass is 290 g/mol. The predicted molar refractivity (Wildman–Crippen MR) is 71.7 cm³/mol. The largest absolute Gasteiger partial charge is 0.493 e. The minimum Gasteiger partial charge on any atom is -0.493 e. The van der Waals surface area contributed by atoms with Crippen LogP contribution in [0, 0.1) is 5.92 Å². The Bertz CT molecular complexity index is 405. The fourth-order valence-electron chi connectivity index (χ4n) is 1.59. The summed E-state index contributed by atoms with van der Waals surface area (Å²) >= 11 is 11.9. The first-order valence-corrected chi connectivity index (χ1v) is 6.78. The molecule has 0 unspecified atom stereocenters. The van der Waals surface area contributed by atoms with Crippen LogP contribution in [0.25, 0.3) is 0 Å². The maximum atomic E-state index is 6.13. The van der Waals surface area contributed by atoms with Gasteiger partial charge in [0, 0.05) is 5.88 Å². The molecule has 0 spiro atoms. The minimum absolute atomic E-state index is 0.187. The van der Waals surface area contributed by atoms with Gasteiger partial charge in [-0.1, -0.05) is 11.6 Å². The van der Waals surface area contributed by atoms with Gasteiger partial charge in [-0.05, 0) is 36.5 Å². The van der Waals surface area contributed by atoms with Crippen LogP contribution in [0.4, 0.5) is 0 Å². The van der Waals surface area contributed by atoms with Crippen molar-refractivity contribution >= 4 is 23.2 Å². The summed E-state index contributed by atoms with van der Waals surface area (Å²) in [5.41, 5.74) is 0.893. The molecule has 0 saturated heterocycles. The van der Waals surface area contributed by atoms with Crippen LogP contribution in [0.3, 0.4) is 0 Å². The zero-order chi connectivity index (χ0) is 13.0. The predicted octanol–water partition coefficient (Wildman–Crippen LogP) is 3.85. The van der Waals surface area contributed by atoms with Crippen LogP contribution in [0.15, 0.2) is 12.1 Å². The van der Waals surface area contributed by atoms with Gasteiger partial charge in [-0.25, -0.2) is 0 Å². The Morgan fingerprint density at radius 3 is 2.72 bits per heavy atom. The molecular weight excluding hydrogens is 275 g/mol. The quantitative estimate of drug-likeness (QED) is 0.434. The molecule has 0 bridgehead atoms. The number of hydrogen-bond donors (Lipinski definition) is 0. The summed E-state index contributed by atoms with van der Waals surface area (Å²) in [6.45, 7) is 0.937. The fraction of sp³-hybridized carbons (Fsp3) is 0.538. The van der Waals surface area contributed by atoms with Crippen molar-refractivity contribution in [3.63, 3.8) is 0 Å². The lowest BCUT2D eigenvalue weighted by atomic mass is 10.2. The molecule has 0 atom stereocenters. The zero-order valence-corrected chi connectivity index (χ0v) is 11.8. The summed E-state index contributed by atoms with van der Waals surface area (Å²) in [6.07, 6.45) is 2.52. The Kier molecular flexibility index (Phi) is 4.98. The van der Waals surface area contributed by atoms with Gasteiger partial charge in [0.15, 0.2) is 18.3 Å². The molecule has 0 heterocycles. The van der Waals surface area contributed by atoms with Gasteiger partial charge in [0.1, 0.15) is 0 Å². The van der Waals surface area contributed by atoms with E-state index in [1.54, 1.807) is 13.2 Å². The Labute approximate surface area is 117 Å². The number of hydrogen-bond acceptors (Lipinski definition) is 3. The molecule has 1 aliphatic rings. The van der Waals surface area contributed by atoms with Crippen molar-refractivity contribution in [2.24, 2.45) is 5.92 Å². The molecule has 18 heavy (non-hydrogen) atoms. The number of methoxy groups -OCH3 is 1. The highest BCUT2D eigenvalue weighted by Gasteiger charge is 2.21. The van der Waals surface area contributed by atoms with Gasteiger partial charge in [0.2, 0.25) is 0 Å². The minimum atomic E-state index is 0.187. The van der Waals surface area contributed by atoms with Gasteiger partial charge in [0.05, 0.1) is 18.7 Å². The third-order valence-electron chi connectivity index (χ3n) is 2.78. The first-order valence-electron chi connectivity index (χ1n) is 5.87. The zero-order valence-electron chi connectivity index (χ0n) is 10.2. The van der Waals surface area contributed by atoms with E-state index in [4.69, 9.17) is 37.4 Å². The highest BCUT2D eigenvalue weighted by atomic mass is 35.5. The second-order valence-corrected chi connectivity index (χ2v) is 4.99. The summed E-state index contributed by atoms with van der Waals surface area (Å²) < 4.78 is 16.2. The highest BCUT2D eigenvalue weighted by molar-refractivity contribution is 6.32. The molecule has 0 N–H and O–H groups in total. The number of benzene rings is 1. The van der Waals surface area contributed by atoms with Crippen molar-refractivity contribution in [3.8, 4) is 11.5 Å². The van der Waals surface area contributed by atoms with Gasteiger partial charge >= 0.3 is 0 Å². The van der Waals surface area contributed by atoms with Crippen molar-refractivity contribution in [1.82, 2.24) is 0 Å². The first-order chi connectivity index (χ1) is 8.74. The van der Waals surface area contributed by atoms with Gasteiger partial charge < -0.3 is 14.2 Å². The Morgan fingerprint density at radius 2 is 2.11 bits per heavy atom. The second kappa shape index (κ2) is 6.50. The average molecular weight is 291 g/mol. The Hall–Kier alpha value is -0.640. The van der Waals surface area contributed by atoms with E-state index in [9.17, 15) is 0 Å². The van der Waals surface area contributed by atoms with E-state index in [2.05, 4.69) is 0 Å². The van der Waals surface area contributed by atoms with Crippen LogP contribution >= 0.6 is 23.2 Å². The molecule has 1 fully saturated rings. The summed E-state index contributed by atoms with van der Waals surface area (Å²) in [4.78, 5) is 0. The molecule has 0 aromatic heterocycles. The van der Waals surface area contributed by atoms with E-state index in [0.717, 1.165) is 12.2 Å². The van der Waals surface area contributed by atoms with Crippen LogP contribution in [-0.2, 0) is 10.6 Å². The SMILES string of the molecule is COc1cc(CCl)cc(Cl)c1OCOCC1CC1. The van der Waals surface area contributed by atoms with E-state index >= 15 is 0 Å². The lowest BCUT2D eigenvalue weighted by molar-refractivity contribution is 0.00871. The normalized spacial score (nSPS) is 14.6. The molecule has 1 aliphatic carbocycles. The third kappa shape index (κ3) is 3.67. The lowest BCUT2D eigenvalue weighted by Gasteiger charge is -2.13. The summed E-state index contributed by atoms with van der Waals surface area (Å²) in [5.74, 6) is 2.18. The molecule has 0 radical (unpaired) electrons. The van der Waals surface area contributed by atoms with Crippen LogP contribution in [0.1, 0.15) is 18.4 Å². The highest BCUT2D eigenvalue weighted by Crippen LogP contribution is 2.37. The summed E-state index contributed by atoms with van der Waals surface area (Å²) in [7, 11) is 1.57. The van der Waals surface area contributed by atoms with Gasteiger partial charge in [0.25, 0.3) is 0 Å². The molecule has 100 valence electrons. The van der Waals surface area contributed by atoms with E-state index < -0.39 is 0 Å². The molecule has 0 aliphatic heterocycles. The maximum absolute atomic E-state index is 6.13. The molecular formula is C13H16Cl2O3. The van der Waals surface area contributed by atoms with Crippen molar-refractivity contribution < 1.29 is 14.2 Å². The van der Waals surface area contributed by atoms with Crippen molar-refractivity contribution in [3.05, 3.63) is 22.7 Å². The number of alkyl halides is 1. The fourth-order valence-corrected chi connectivity index (χ4v) is 2.03. The second-order valence-electron chi connectivity index (χ2n) is 4.32. The van der Waals surface area contributed by atoms with Gasteiger partial charge in [-0.15, -0.1) is 11.6 Å². The standard InChI is InChI=1S/C13H16Cl2O3/c1-16-12-5-10(6-14)4-11(15)13(12)18-8-17-7-9-2-3-9/h4-5,9H,2-3,6-8H2,1H3. The van der Waals surface area contributed by atoms with Crippen LogP contribution in [0.5, 0.6) is 11.5 Å². The topological polar surface area (TPSA) is 27.7 Å². The number of rotatable bonds is 7. The van der Waals surface area contributed by atoms with E-state index in [-0.39, 0.29) is 6.79 Å². The van der Waals surface area contributed by atoms with Crippen molar-refractivity contribution in [1.29, 1.82) is 0 Å². The molecule has 3 nitrogen and oxygen atoms in total. The summed E-state index contributed by atoms with van der Waals surface area (Å²) in [5, 5.41) is 0.486. The Balaban J connectivity index is 1.96. The lowest BCUT2D eigenvalue weighted by Crippen LogP contribution is -2.06. The third-order valence-corrected chi connectivity index (χ3v) is 3.37. The summed E-state index contributed by atoms with van der Waals surface area (Å²) in [6, 6.07) is 3.59. The van der Waals surface area contributed by atoms with Crippen LogP contribution in [0.2, 0.25) is 5.02 Å². The number of halogens is 2. The number of ether oxygens (including phenoxy) is 3. The molecule has 0 amide bonds. The molecule has 1 aromatic rings. The first kappa shape index (κ1) is 13.8. The van der Waals surface area contributed by atoms with Crippen LogP contribution < -0.4 is 9.47 Å². The van der Waals surface area contributed by atoms with E-state index in [1.807, 2.05) is 6.07 Å². The van der Waals surface area contributed by atoms with Crippen LogP contribution in [-0.4, -0.2) is 20.5 Å². The maximum Gasteiger partial charge on any atom is 0.189 e.